The van der Waals surface area contributed by atoms with Crippen LogP contribution in [0.25, 0.3) is 54.3 Å². The summed E-state index contributed by atoms with van der Waals surface area (Å²) in [5, 5.41) is 17.0. The molecule has 15 heteroatoms. The molecule has 0 saturated heterocycles. The van der Waals surface area contributed by atoms with Gasteiger partial charge >= 0.3 is 6.73 Å². The number of benzene rings is 2. The van der Waals surface area contributed by atoms with Gasteiger partial charge in [-0.3, -0.25) is 14.4 Å². The number of phenolic OH excluding ortho intramolecular Hbond substituents is 1. The minimum atomic E-state index is -0.149. The Morgan fingerprint density at radius 3 is 1.75 bits per heavy atom. The van der Waals surface area contributed by atoms with Crippen molar-refractivity contribution >= 4 is 83.6 Å². The second-order valence-corrected chi connectivity index (χ2v) is 15.0. The number of H-pyrrole nitrogens is 2. The van der Waals surface area contributed by atoms with E-state index in [0.717, 1.165) is 34.2 Å². The number of nitrogens with zero attached hydrogens (tertiary/aromatic N) is 4. The Hall–Kier alpha value is -4.24. The van der Waals surface area contributed by atoms with Gasteiger partial charge in [-0.05, 0) is 36.1 Å². The highest BCUT2D eigenvalue weighted by atomic mass is 79.9. The number of halogens is 3. The number of thiazole rings is 2. The first-order chi connectivity index (χ1) is 24.4. The van der Waals surface area contributed by atoms with Crippen molar-refractivity contribution in [2.45, 2.75) is 40.5 Å². The Morgan fingerprint density at radius 1 is 0.824 bits per heavy atom. The van der Waals surface area contributed by atoms with Crippen molar-refractivity contribution in [3.63, 3.8) is 0 Å². The van der Waals surface area contributed by atoms with E-state index in [4.69, 9.17) is 41.1 Å². The Morgan fingerprint density at radius 2 is 1.29 bits per heavy atom. The van der Waals surface area contributed by atoms with Gasteiger partial charge in [-0.2, -0.15) is 0 Å². The number of fused-ring (bicyclic) bond motifs is 2. The monoisotopic (exact) mass is 826 g/mol. The number of nitrogens with one attached hydrogen (secondary N) is 2. The van der Waals surface area contributed by atoms with Crippen molar-refractivity contribution in [1.29, 1.82) is 0 Å². The summed E-state index contributed by atoms with van der Waals surface area (Å²) >= 11 is 18.5. The fourth-order valence-electron chi connectivity index (χ4n) is 4.78. The van der Waals surface area contributed by atoms with Crippen LogP contribution in [0.5, 0.6) is 11.5 Å². The molecule has 6 aromatic rings. The van der Waals surface area contributed by atoms with Gasteiger partial charge in [0, 0.05) is 62.4 Å². The molecule has 10 nitrogen and oxygen atoms in total. The zero-order chi connectivity index (χ0) is 37.2. The Labute approximate surface area is 320 Å². The lowest BCUT2D eigenvalue weighted by atomic mass is 10.1. The average molecular weight is 829 g/mol. The summed E-state index contributed by atoms with van der Waals surface area (Å²) in [6, 6.07) is 9.28. The fourth-order valence-corrected chi connectivity index (χ4v) is 7.28. The van der Waals surface area contributed by atoms with Gasteiger partial charge in [0.05, 0.1) is 43.8 Å². The average Bonchev–Trinajstić information content (AvgIpc) is 3.76. The van der Waals surface area contributed by atoms with Crippen molar-refractivity contribution < 1.29 is 9.84 Å². The SMILES string of the molecule is CC(C)Cc1nc(-c2cc(=O)c3ccc(O)c(Cl)c3[nH]2)cs1.[C-]#[N+]CBr.[C-]#[N+]COc1ccc2c(=O)cc(-c3csc(CC(C)C)n3)[nH]c2c1Cl. The molecular weight excluding hydrogens is 795 g/mol. The Balaban J connectivity index is 0.000000208. The van der Waals surface area contributed by atoms with Crippen molar-refractivity contribution in [2.75, 3.05) is 12.2 Å². The van der Waals surface area contributed by atoms with Crippen LogP contribution >= 0.6 is 61.8 Å². The molecule has 0 atom stereocenters. The normalized spacial score (nSPS) is 10.7. The molecular formula is C36H33BrCl2N6O4S2. The van der Waals surface area contributed by atoms with Crippen LogP contribution in [0.1, 0.15) is 37.7 Å². The highest BCUT2D eigenvalue weighted by Crippen LogP contribution is 2.33. The van der Waals surface area contributed by atoms with Crippen molar-refractivity contribution in [2.24, 2.45) is 11.8 Å². The molecule has 0 aliphatic carbocycles. The molecule has 264 valence electrons. The van der Waals surface area contributed by atoms with Crippen molar-refractivity contribution in [3.8, 4) is 34.3 Å². The number of aromatic amines is 2. The summed E-state index contributed by atoms with van der Waals surface area (Å²) in [6.07, 6.45) is 1.81. The third kappa shape index (κ3) is 10.2. The fraction of sp³-hybridized carbons (Fsp3) is 0.278. The summed E-state index contributed by atoms with van der Waals surface area (Å²) in [4.78, 5) is 46.2. The van der Waals surface area contributed by atoms with E-state index >= 15 is 0 Å². The highest BCUT2D eigenvalue weighted by molar-refractivity contribution is 9.09. The first kappa shape index (κ1) is 39.5. The molecule has 51 heavy (non-hydrogen) atoms. The van der Waals surface area contributed by atoms with Crippen LogP contribution in [-0.2, 0) is 12.8 Å². The molecule has 4 aromatic heterocycles. The molecule has 0 aliphatic rings. The first-order valence-electron chi connectivity index (χ1n) is 15.5. The van der Waals surface area contributed by atoms with Gasteiger partial charge in [0.1, 0.15) is 21.5 Å². The van der Waals surface area contributed by atoms with Gasteiger partial charge in [0.15, 0.2) is 10.9 Å². The van der Waals surface area contributed by atoms with Gasteiger partial charge in [0.2, 0.25) is 0 Å². The summed E-state index contributed by atoms with van der Waals surface area (Å²) in [7, 11) is 0. The van der Waals surface area contributed by atoms with Crippen LogP contribution in [0, 0.1) is 25.0 Å². The van der Waals surface area contributed by atoms with E-state index in [0.29, 0.717) is 56.2 Å². The lowest BCUT2D eigenvalue weighted by Gasteiger charge is -2.08. The minimum Gasteiger partial charge on any atom is -0.506 e. The van der Waals surface area contributed by atoms with Crippen LogP contribution in [0.15, 0.2) is 56.7 Å². The summed E-state index contributed by atoms with van der Waals surface area (Å²) in [6.45, 7) is 21.3. The molecule has 0 bridgehead atoms. The molecule has 6 rings (SSSR count). The molecule has 0 radical (unpaired) electrons. The van der Waals surface area contributed by atoms with E-state index in [1.807, 2.05) is 10.8 Å². The van der Waals surface area contributed by atoms with Crippen LogP contribution in [0.3, 0.4) is 0 Å². The third-order valence-corrected chi connectivity index (χ3v) is 9.75. The third-order valence-electron chi connectivity index (χ3n) is 6.99. The lowest BCUT2D eigenvalue weighted by Crippen LogP contribution is -2.04. The number of aromatic nitrogens is 4. The largest absolute Gasteiger partial charge is 0.506 e. The molecule has 0 unspecified atom stereocenters. The van der Waals surface area contributed by atoms with E-state index in [2.05, 4.69) is 73.3 Å². The van der Waals surface area contributed by atoms with E-state index in [9.17, 15) is 14.7 Å². The predicted molar refractivity (Wildman–Crippen MR) is 213 cm³/mol. The smallest absolute Gasteiger partial charge is 0.357 e. The standard InChI is InChI=1S/C18H16ClN3O2S.C16H15ClN2O2S.C2H2BrN/c1-10(2)6-16-21-13(8-25-16)12-7-14(23)11-4-5-15(24-9-20-3)17(19)18(11)22-12;1-8(2)5-14-18-11(7-22-14)10-6-13(21)9-3-4-12(20)15(17)16(9)19-10;1-4-2-3/h4-5,7-8,10H,6,9H2,1-2H3,(H,22,23);3-4,6-8,20H,5H2,1-2H3,(H,19,21);2H2. The maximum absolute atomic E-state index is 12.4. The van der Waals surface area contributed by atoms with Crippen LogP contribution < -0.4 is 15.6 Å². The van der Waals surface area contributed by atoms with Crippen molar-refractivity contribution in [1.82, 2.24) is 19.9 Å². The molecule has 3 N–H and O–H groups in total. The van der Waals surface area contributed by atoms with Gasteiger partial charge in [0.25, 0.3) is 5.45 Å². The second kappa shape index (κ2) is 18.3. The summed E-state index contributed by atoms with van der Waals surface area (Å²) < 4.78 is 5.31. The van der Waals surface area contributed by atoms with Gasteiger partial charge < -0.3 is 24.7 Å². The van der Waals surface area contributed by atoms with Crippen LogP contribution in [-0.4, -0.2) is 37.2 Å². The number of pyridine rings is 2. The number of hydrogen-bond acceptors (Lipinski definition) is 8. The number of hydrogen-bond donors (Lipinski definition) is 3. The van der Waals surface area contributed by atoms with E-state index < -0.39 is 0 Å². The maximum atomic E-state index is 12.4. The molecule has 0 spiro atoms. The number of ether oxygens (including phenoxy) is 1. The van der Waals surface area contributed by atoms with Crippen molar-refractivity contribution in [3.05, 3.63) is 110 Å². The Kier molecular flexibility index (Phi) is 14.2. The van der Waals surface area contributed by atoms with E-state index in [1.165, 1.54) is 18.2 Å². The zero-order valence-corrected chi connectivity index (χ0v) is 32.7. The molecule has 2 aromatic carbocycles. The number of aromatic hydroxyl groups is 1. The molecule has 0 fully saturated rings. The van der Waals surface area contributed by atoms with Gasteiger partial charge in [-0.25, -0.2) is 23.1 Å². The molecule has 4 heterocycles. The second-order valence-electron chi connectivity index (χ2n) is 11.9. The molecule has 0 amide bonds. The van der Waals surface area contributed by atoms with Gasteiger partial charge in [-0.15, -0.1) is 22.7 Å². The number of rotatable bonds is 8. The minimum absolute atomic E-state index is 0.0549. The van der Waals surface area contributed by atoms with Gasteiger partial charge in [-0.1, -0.05) is 50.9 Å². The topological polar surface area (TPSA) is 130 Å². The first-order valence-corrected chi connectivity index (χ1v) is 19.1. The van der Waals surface area contributed by atoms with E-state index in [-0.39, 0.29) is 33.4 Å². The Bertz CT molecular complexity index is 2360. The maximum Gasteiger partial charge on any atom is 0.357 e. The number of phenols is 1. The van der Waals surface area contributed by atoms with E-state index in [1.54, 1.807) is 40.9 Å². The van der Waals surface area contributed by atoms with Crippen LogP contribution in [0.4, 0.5) is 0 Å². The highest BCUT2D eigenvalue weighted by Gasteiger charge is 2.15. The number of alkyl halides is 1. The zero-order valence-electron chi connectivity index (χ0n) is 28.0. The quantitative estimate of drug-likeness (QED) is 0.0796. The summed E-state index contributed by atoms with van der Waals surface area (Å²) in [5.74, 6) is 1.37. The molecule has 0 aliphatic heterocycles. The lowest BCUT2D eigenvalue weighted by molar-refractivity contribution is 0.362. The summed E-state index contributed by atoms with van der Waals surface area (Å²) in [5.41, 5.74) is 3.73. The predicted octanol–water partition coefficient (Wildman–Crippen LogP) is 10.2. The van der Waals surface area contributed by atoms with Crippen LogP contribution in [0.2, 0.25) is 10.0 Å². The molecule has 0 saturated carbocycles.